The summed E-state index contributed by atoms with van der Waals surface area (Å²) in [6.07, 6.45) is 1.74. The lowest BCUT2D eigenvalue weighted by Crippen LogP contribution is -2.07. The number of halogens is 1. The number of aliphatic imine (C=N–C) groups is 1. The molecule has 24 heavy (non-hydrogen) atoms. The van der Waals surface area contributed by atoms with Crippen LogP contribution in [0.2, 0.25) is 5.02 Å². The lowest BCUT2D eigenvalue weighted by Gasteiger charge is -2.04. The lowest BCUT2D eigenvalue weighted by atomic mass is 10.2. The van der Waals surface area contributed by atoms with Gasteiger partial charge in [0.25, 0.3) is 0 Å². The topological polar surface area (TPSA) is 38.7 Å². The van der Waals surface area contributed by atoms with Crippen molar-refractivity contribution in [2.24, 2.45) is 4.99 Å². The Morgan fingerprint density at radius 3 is 2.21 bits per heavy atom. The summed E-state index contributed by atoms with van der Waals surface area (Å²) in [5.41, 5.74) is 2.24. The highest BCUT2D eigenvalue weighted by Crippen LogP contribution is 2.17. The quantitative estimate of drug-likeness (QED) is 0.368. The highest BCUT2D eigenvalue weighted by molar-refractivity contribution is 6.30. The number of hydrogen-bond donors (Lipinski definition) is 0. The molecule has 0 spiro atoms. The molecule has 0 atom stereocenters. The highest BCUT2D eigenvalue weighted by atomic mass is 35.5. The number of benzene rings is 3. The van der Waals surface area contributed by atoms with Crippen LogP contribution in [0, 0.1) is 0 Å². The predicted molar refractivity (Wildman–Crippen MR) is 96.5 cm³/mol. The van der Waals surface area contributed by atoms with Gasteiger partial charge in [-0.3, -0.25) is 4.99 Å². The molecule has 0 saturated heterocycles. The molecule has 0 saturated carbocycles. The zero-order valence-corrected chi connectivity index (χ0v) is 13.5. The average molecular weight is 336 g/mol. The Morgan fingerprint density at radius 2 is 1.54 bits per heavy atom. The van der Waals surface area contributed by atoms with Gasteiger partial charge in [0, 0.05) is 11.2 Å². The van der Waals surface area contributed by atoms with Gasteiger partial charge in [0.05, 0.1) is 11.3 Å². The summed E-state index contributed by atoms with van der Waals surface area (Å²) < 4.78 is 5.33. The van der Waals surface area contributed by atoms with Gasteiger partial charge >= 0.3 is 5.97 Å². The van der Waals surface area contributed by atoms with Gasteiger partial charge in [0.2, 0.25) is 0 Å². The molecule has 3 aromatic carbocycles. The van der Waals surface area contributed by atoms with Crippen LogP contribution in [0.15, 0.2) is 83.9 Å². The lowest BCUT2D eigenvalue weighted by molar-refractivity contribution is 0.0735. The van der Waals surface area contributed by atoms with Gasteiger partial charge in [0.15, 0.2) is 0 Å². The van der Waals surface area contributed by atoms with Gasteiger partial charge in [-0.05, 0) is 66.2 Å². The first kappa shape index (κ1) is 16.0. The van der Waals surface area contributed by atoms with E-state index in [0.717, 1.165) is 11.3 Å². The van der Waals surface area contributed by atoms with E-state index in [9.17, 15) is 4.79 Å². The molecule has 0 heterocycles. The van der Waals surface area contributed by atoms with Gasteiger partial charge in [-0.2, -0.15) is 0 Å². The molecule has 0 aliphatic heterocycles. The minimum absolute atomic E-state index is 0.377. The molecule has 0 radical (unpaired) electrons. The summed E-state index contributed by atoms with van der Waals surface area (Å²) in [5, 5.41) is 0.679. The van der Waals surface area contributed by atoms with Gasteiger partial charge in [-0.15, -0.1) is 0 Å². The van der Waals surface area contributed by atoms with E-state index in [-0.39, 0.29) is 5.97 Å². The van der Waals surface area contributed by atoms with Crippen molar-refractivity contribution in [2.45, 2.75) is 0 Å². The molecule has 0 unspecified atom stereocenters. The van der Waals surface area contributed by atoms with Crippen LogP contribution < -0.4 is 4.74 Å². The number of hydrogen-bond acceptors (Lipinski definition) is 3. The van der Waals surface area contributed by atoms with E-state index in [1.165, 1.54) is 0 Å². The van der Waals surface area contributed by atoms with Crippen molar-refractivity contribution in [3.8, 4) is 5.75 Å². The Morgan fingerprint density at radius 1 is 0.875 bits per heavy atom. The van der Waals surface area contributed by atoms with Crippen LogP contribution in [-0.4, -0.2) is 12.2 Å². The number of esters is 1. The van der Waals surface area contributed by atoms with E-state index in [4.69, 9.17) is 16.3 Å². The maximum absolute atomic E-state index is 12.0. The fourth-order valence-electron chi connectivity index (χ4n) is 2.04. The van der Waals surface area contributed by atoms with Crippen molar-refractivity contribution < 1.29 is 9.53 Å². The zero-order chi connectivity index (χ0) is 16.8. The van der Waals surface area contributed by atoms with E-state index in [2.05, 4.69) is 4.99 Å². The normalized spacial score (nSPS) is 10.7. The molecule has 118 valence electrons. The van der Waals surface area contributed by atoms with Crippen LogP contribution in [0.25, 0.3) is 0 Å². The molecule has 0 amide bonds. The Labute approximate surface area is 145 Å². The fraction of sp³-hybridized carbons (Fsp3) is 0. The Hall–Kier alpha value is -2.91. The third-order valence-electron chi connectivity index (χ3n) is 3.29. The van der Waals surface area contributed by atoms with Crippen molar-refractivity contribution in [1.29, 1.82) is 0 Å². The summed E-state index contributed by atoms with van der Waals surface area (Å²) in [4.78, 5) is 16.3. The second-order valence-corrected chi connectivity index (χ2v) is 5.50. The largest absolute Gasteiger partial charge is 0.423 e. The summed E-state index contributed by atoms with van der Waals surface area (Å²) in [6.45, 7) is 0. The number of rotatable bonds is 4. The second kappa shape index (κ2) is 7.57. The van der Waals surface area contributed by atoms with Crippen LogP contribution in [0.3, 0.4) is 0 Å². The second-order valence-electron chi connectivity index (χ2n) is 5.06. The monoisotopic (exact) mass is 335 g/mol. The number of carbonyl (C=O) groups excluding carboxylic acids is 1. The van der Waals surface area contributed by atoms with Crippen molar-refractivity contribution in [3.63, 3.8) is 0 Å². The predicted octanol–water partition coefficient (Wildman–Crippen LogP) is 5.31. The zero-order valence-electron chi connectivity index (χ0n) is 12.7. The molecule has 0 fully saturated rings. The average Bonchev–Trinajstić information content (AvgIpc) is 2.63. The molecule has 3 rings (SSSR count). The number of carbonyl (C=O) groups is 1. The van der Waals surface area contributed by atoms with E-state index in [1.54, 1.807) is 54.7 Å². The first-order chi connectivity index (χ1) is 11.7. The van der Waals surface area contributed by atoms with Crippen molar-refractivity contribution in [3.05, 3.63) is 95.0 Å². The fourth-order valence-corrected chi connectivity index (χ4v) is 2.16. The van der Waals surface area contributed by atoms with Crippen LogP contribution in [0.4, 0.5) is 5.69 Å². The van der Waals surface area contributed by atoms with E-state index < -0.39 is 0 Å². The van der Waals surface area contributed by atoms with Crippen LogP contribution >= 0.6 is 11.6 Å². The van der Waals surface area contributed by atoms with Gasteiger partial charge in [-0.1, -0.05) is 29.8 Å². The minimum Gasteiger partial charge on any atom is -0.423 e. The van der Waals surface area contributed by atoms with E-state index in [0.29, 0.717) is 16.3 Å². The smallest absolute Gasteiger partial charge is 0.343 e. The SMILES string of the molecule is O=C(Oc1ccc(C=Nc2ccc(Cl)cc2)cc1)c1ccccc1. The minimum atomic E-state index is -0.377. The third-order valence-corrected chi connectivity index (χ3v) is 3.54. The maximum Gasteiger partial charge on any atom is 0.343 e. The Kier molecular flexibility index (Phi) is 5.04. The molecule has 0 aliphatic carbocycles. The molecule has 4 heteroatoms. The Bertz CT molecular complexity index is 841. The van der Waals surface area contributed by atoms with Crippen molar-refractivity contribution >= 4 is 29.5 Å². The molecule has 0 aromatic heterocycles. The van der Waals surface area contributed by atoms with Crippen molar-refractivity contribution in [1.82, 2.24) is 0 Å². The maximum atomic E-state index is 12.0. The highest BCUT2D eigenvalue weighted by Gasteiger charge is 2.07. The third kappa shape index (κ3) is 4.31. The molecule has 0 N–H and O–H groups in total. The molecule has 3 nitrogen and oxygen atoms in total. The molecule has 3 aromatic rings. The van der Waals surface area contributed by atoms with Crippen LogP contribution in [-0.2, 0) is 0 Å². The molecule has 0 aliphatic rings. The molecular formula is C20H14ClNO2. The van der Waals surface area contributed by atoms with Crippen LogP contribution in [0.1, 0.15) is 15.9 Å². The summed E-state index contributed by atoms with van der Waals surface area (Å²) in [7, 11) is 0. The summed E-state index contributed by atoms with van der Waals surface area (Å²) >= 11 is 5.84. The standard InChI is InChI=1S/C20H14ClNO2/c21-17-8-10-18(11-9-17)22-14-15-6-12-19(13-7-15)24-20(23)16-4-2-1-3-5-16/h1-14H. The molecule has 0 bridgehead atoms. The number of ether oxygens (including phenoxy) is 1. The van der Waals surface area contributed by atoms with E-state index >= 15 is 0 Å². The molecular weight excluding hydrogens is 322 g/mol. The Balaban J connectivity index is 1.65. The van der Waals surface area contributed by atoms with E-state index in [1.807, 2.05) is 30.3 Å². The number of nitrogens with zero attached hydrogens (tertiary/aromatic N) is 1. The van der Waals surface area contributed by atoms with Gasteiger partial charge in [-0.25, -0.2) is 4.79 Å². The van der Waals surface area contributed by atoms with Crippen LogP contribution in [0.5, 0.6) is 5.75 Å². The summed E-state index contributed by atoms with van der Waals surface area (Å²) in [6, 6.07) is 23.3. The van der Waals surface area contributed by atoms with Gasteiger partial charge in [0.1, 0.15) is 5.75 Å². The van der Waals surface area contributed by atoms with Crippen molar-refractivity contribution in [2.75, 3.05) is 0 Å². The van der Waals surface area contributed by atoms with Gasteiger partial charge < -0.3 is 4.74 Å². The first-order valence-electron chi connectivity index (χ1n) is 7.38. The first-order valence-corrected chi connectivity index (χ1v) is 7.75. The summed E-state index contributed by atoms with van der Waals surface area (Å²) in [5.74, 6) is 0.116.